The smallest absolute Gasteiger partial charge is 0.123 e. The summed E-state index contributed by atoms with van der Waals surface area (Å²) in [6, 6.07) is 18.2. The average Bonchev–Trinajstić information content (AvgIpc) is 3.11. The molecular weight excluding hydrogens is 292 g/mol. The zero-order valence-corrected chi connectivity index (χ0v) is 13.1. The van der Waals surface area contributed by atoms with E-state index < -0.39 is 0 Å². The molecule has 0 aromatic heterocycles. The van der Waals surface area contributed by atoms with Crippen LogP contribution in [0, 0.1) is 11.8 Å². The van der Waals surface area contributed by atoms with Crippen molar-refractivity contribution >= 4 is 0 Å². The number of fused-ring (bicyclic) bond motifs is 1. The molecule has 4 atom stereocenters. The van der Waals surface area contributed by atoms with Crippen LogP contribution in [0.5, 0.6) is 5.75 Å². The second-order valence-electron chi connectivity index (χ2n) is 6.08. The van der Waals surface area contributed by atoms with Crippen LogP contribution >= 0.6 is 0 Å². The molecular formula is C19H20O4. The molecule has 2 aliphatic rings. The topological polar surface area (TPSA) is 36.9 Å². The van der Waals surface area contributed by atoms with E-state index in [0.717, 1.165) is 16.9 Å². The molecule has 0 aliphatic carbocycles. The highest BCUT2D eigenvalue weighted by molar-refractivity contribution is 5.29. The van der Waals surface area contributed by atoms with Crippen LogP contribution in [0.1, 0.15) is 23.3 Å². The van der Waals surface area contributed by atoms with Crippen molar-refractivity contribution in [3.63, 3.8) is 0 Å². The first kappa shape index (κ1) is 14.7. The van der Waals surface area contributed by atoms with Crippen molar-refractivity contribution in [3.8, 4) is 5.75 Å². The van der Waals surface area contributed by atoms with Crippen molar-refractivity contribution in [2.75, 3.05) is 20.3 Å². The highest BCUT2D eigenvalue weighted by Crippen LogP contribution is 2.48. The molecule has 0 bridgehead atoms. The molecule has 4 heteroatoms. The SMILES string of the molecule is COc1ccc([C@H]2OO[C@@H](c3ccccc3)[C@H]3COC[C@@H]32)cc1. The first-order valence-electron chi connectivity index (χ1n) is 7.95. The summed E-state index contributed by atoms with van der Waals surface area (Å²) in [5.41, 5.74) is 2.24. The fourth-order valence-corrected chi connectivity index (χ4v) is 3.52. The first-order chi connectivity index (χ1) is 11.4. The van der Waals surface area contributed by atoms with E-state index in [2.05, 4.69) is 12.1 Å². The van der Waals surface area contributed by atoms with E-state index in [0.29, 0.717) is 25.0 Å². The van der Waals surface area contributed by atoms with Crippen LogP contribution in [-0.4, -0.2) is 20.3 Å². The van der Waals surface area contributed by atoms with E-state index in [9.17, 15) is 0 Å². The van der Waals surface area contributed by atoms with Gasteiger partial charge in [-0.3, -0.25) is 0 Å². The van der Waals surface area contributed by atoms with E-state index in [1.165, 1.54) is 0 Å². The van der Waals surface area contributed by atoms with Crippen molar-refractivity contribution in [2.24, 2.45) is 11.8 Å². The van der Waals surface area contributed by atoms with Crippen molar-refractivity contribution in [1.29, 1.82) is 0 Å². The minimum atomic E-state index is -0.103. The van der Waals surface area contributed by atoms with Crippen LogP contribution in [0.15, 0.2) is 54.6 Å². The molecule has 2 aromatic rings. The maximum Gasteiger partial charge on any atom is 0.123 e. The number of hydrogen-bond acceptors (Lipinski definition) is 4. The van der Waals surface area contributed by atoms with Gasteiger partial charge in [-0.25, -0.2) is 9.78 Å². The highest BCUT2D eigenvalue weighted by Gasteiger charge is 2.46. The highest BCUT2D eigenvalue weighted by atomic mass is 17.2. The third-order valence-electron chi connectivity index (χ3n) is 4.78. The Labute approximate surface area is 135 Å². The Morgan fingerprint density at radius 3 is 1.91 bits per heavy atom. The maximum absolute atomic E-state index is 5.80. The molecule has 2 fully saturated rings. The lowest BCUT2D eigenvalue weighted by Gasteiger charge is -2.37. The van der Waals surface area contributed by atoms with Gasteiger partial charge in [0.05, 0.1) is 20.3 Å². The van der Waals surface area contributed by atoms with Crippen LogP contribution in [0.25, 0.3) is 0 Å². The molecule has 2 aromatic carbocycles. The van der Waals surface area contributed by atoms with E-state index in [4.69, 9.17) is 19.2 Å². The zero-order chi connectivity index (χ0) is 15.6. The van der Waals surface area contributed by atoms with Crippen LogP contribution < -0.4 is 4.74 Å². The van der Waals surface area contributed by atoms with Crippen molar-refractivity contribution in [2.45, 2.75) is 12.2 Å². The Balaban J connectivity index is 1.58. The summed E-state index contributed by atoms with van der Waals surface area (Å²) in [7, 11) is 1.67. The van der Waals surface area contributed by atoms with E-state index in [1.807, 2.05) is 42.5 Å². The van der Waals surface area contributed by atoms with Gasteiger partial charge >= 0.3 is 0 Å². The van der Waals surface area contributed by atoms with Crippen LogP contribution in [0.3, 0.4) is 0 Å². The number of benzene rings is 2. The fraction of sp³-hybridized carbons (Fsp3) is 0.368. The van der Waals surface area contributed by atoms with Gasteiger partial charge in [-0.1, -0.05) is 42.5 Å². The summed E-state index contributed by atoms with van der Waals surface area (Å²) in [5.74, 6) is 1.44. The van der Waals surface area contributed by atoms with E-state index >= 15 is 0 Å². The second kappa shape index (κ2) is 6.32. The third kappa shape index (κ3) is 2.74. The Hall–Kier alpha value is -1.88. The molecule has 4 rings (SSSR count). The van der Waals surface area contributed by atoms with Crippen LogP contribution in [0.4, 0.5) is 0 Å². The number of rotatable bonds is 3. The van der Waals surface area contributed by atoms with Crippen molar-refractivity contribution in [1.82, 2.24) is 0 Å². The monoisotopic (exact) mass is 312 g/mol. The lowest BCUT2D eigenvalue weighted by molar-refractivity contribution is -0.403. The summed E-state index contributed by atoms with van der Waals surface area (Å²) in [5, 5.41) is 0. The Bertz CT molecular complexity index is 640. The van der Waals surface area contributed by atoms with E-state index in [-0.39, 0.29) is 12.2 Å². The van der Waals surface area contributed by atoms with Gasteiger partial charge in [0.25, 0.3) is 0 Å². The van der Waals surface area contributed by atoms with Gasteiger partial charge in [0.1, 0.15) is 18.0 Å². The van der Waals surface area contributed by atoms with E-state index in [1.54, 1.807) is 7.11 Å². The average molecular weight is 312 g/mol. The van der Waals surface area contributed by atoms with Crippen LogP contribution in [0.2, 0.25) is 0 Å². The molecule has 0 amide bonds. The van der Waals surface area contributed by atoms with Gasteiger partial charge in [-0.2, -0.15) is 0 Å². The largest absolute Gasteiger partial charge is 0.497 e. The molecule has 0 unspecified atom stereocenters. The van der Waals surface area contributed by atoms with Gasteiger partial charge in [-0.15, -0.1) is 0 Å². The molecule has 2 aliphatic heterocycles. The molecule has 0 radical (unpaired) electrons. The van der Waals surface area contributed by atoms with Gasteiger partial charge in [-0.05, 0) is 23.3 Å². The first-order valence-corrected chi connectivity index (χ1v) is 7.95. The lowest BCUT2D eigenvalue weighted by Crippen LogP contribution is -2.34. The van der Waals surface area contributed by atoms with Gasteiger partial charge in [0.2, 0.25) is 0 Å². The summed E-state index contributed by atoms with van der Waals surface area (Å²) >= 11 is 0. The molecule has 23 heavy (non-hydrogen) atoms. The molecule has 120 valence electrons. The lowest BCUT2D eigenvalue weighted by atomic mass is 9.81. The Kier molecular flexibility index (Phi) is 4.04. The molecule has 0 N–H and O–H groups in total. The predicted octanol–water partition coefficient (Wildman–Crippen LogP) is 3.70. The summed E-state index contributed by atoms with van der Waals surface area (Å²) in [6.07, 6.45) is -0.174. The normalized spacial score (nSPS) is 30.0. The fourth-order valence-electron chi connectivity index (χ4n) is 3.52. The van der Waals surface area contributed by atoms with Gasteiger partial charge in [0.15, 0.2) is 0 Å². The minimum Gasteiger partial charge on any atom is -0.497 e. The second-order valence-corrected chi connectivity index (χ2v) is 6.08. The molecule has 2 heterocycles. The quantitative estimate of drug-likeness (QED) is 0.810. The molecule has 0 spiro atoms. The number of hydrogen-bond donors (Lipinski definition) is 0. The van der Waals surface area contributed by atoms with Crippen molar-refractivity contribution < 1.29 is 19.2 Å². The molecule has 4 nitrogen and oxygen atoms in total. The standard InChI is InChI=1S/C19H20O4/c1-20-15-9-7-14(8-10-15)19-17-12-21-11-16(17)18(22-23-19)13-5-3-2-4-6-13/h2-10,16-19H,11-12H2,1H3/t16-,17-,18-,19+/m0/s1. The maximum atomic E-state index is 5.80. The number of ether oxygens (including phenoxy) is 2. The third-order valence-corrected chi connectivity index (χ3v) is 4.78. The Morgan fingerprint density at radius 1 is 0.783 bits per heavy atom. The molecule has 0 saturated carbocycles. The van der Waals surface area contributed by atoms with Crippen molar-refractivity contribution in [3.05, 3.63) is 65.7 Å². The summed E-state index contributed by atoms with van der Waals surface area (Å²) in [4.78, 5) is 11.6. The summed E-state index contributed by atoms with van der Waals surface area (Å²) in [6.45, 7) is 1.41. The van der Waals surface area contributed by atoms with Crippen LogP contribution in [-0.2, 0) is 14.5 Å². The minimum absolute atomic E-state index is 0.0711. The number of methoxy groups -OCH3 is 1. The van der Waals surface area contributed by atoms with Gasteiger partial charge in [0, 0.05) is 11.8 Å². The van der Waals surface area contributed by atoms with Gasteiger partial charge < -0.3 is 9.47 Å². The summed E-state index contributed by atoms with van der Waals surface area (Å²) < 4.78 is 11.0. The molecule has 2 saturated heterocycles. The zero-order valence-electron chi connectivity index (χ0n) is 13.1. The predicted molar refractivity (Wildman–Crippen MR) is 84.9 cm³/mol. The Morgan fingerprint density at radius 2 is 1.35 bits per heavy atom.